The van der Waals surface area contributed by atoms with Crippen LogP contribution in [0.4, 0.5) is 36.8 Å². The quantitative estimate of drug-likeness (QED) is 0.218. The smallest absolute Gasteiger partial charge is 0.426 e. The van der Waals surface area contributed by atoms with Gasteiger partial charge in [-0.1, -0.05) is 48.9 Å². The van der Waals surface area contributed by atoms with Gasteiger partial charge in [0, 0.05) is 11.8 Å². The Morgan fingerprint density at radius 1 is 0.979 bits per heavy atom. The minimum atomic E-state index is -5.12. The second-order valence-electron chi connectivity index (χ2n) is 12.6. The lowest BCUT2D eigenvalue weighted by atomic mass is 9.62. The molecule has 3 aromatic rings. The van der Waals surface area contributed by atoms with Crippen molar-refractivity contribution >= 4 is 17.6 Å². The van der Waals surface area contributed by atoms with Gasteiger partial charge in [-0.3, -0.25) is 10.1 Å². The van der Waals surface area contributed by atoms with Crippen LogP contribution in [0.5, 0.6) is 0 Å². The van der Waals surface area contributed by atoms with Gasteiger partial charge in [0.25, 0.3) is 11.8 Å². The van der Waals surface area contributed by atoms with Crippen LogP contribution in [0, 0.1) is 5.41 Å². The molecule has 47 heavy (non-hydrogen) atoms. The van der Waals surface area contributed by atoms with Gasteiger partial charge in [-0.25, -0.2) is 9.78 Å². The topological polar surface area (TPSA) is 116 Å². The molecular weight excluding hydrogens is 634 g/mol. The minimum absolute atomic E-state index is 0.0802. The van der Waals surface area contributed by atoms with Crippen LogP contribution in [-0.4, -0.2) is 38.8 Å². The average molecular weight is 667 g/mol. The van der Waals surface area contributed by atoms with Crippen LogP contribution in [-0.2, 0) is 27.9 Å². The van der Waals surface area contributed by atoms with Crippen LogP contribution in [0.3, 0.4) is 0 Å². The molecule has 15 heteroatoms. The Morgan fingerprint density at radius 3 is 2.28 bits per heavy atom. The summed E-state index contributed by atoms with van der Waals surface area (Å²) in [5.41, 5.74) is -8.77. The molecule has 1 spiro atoms. The molecule has 0 radical (unpaired) electrons. The fraction of sp³-hybridized carbons (Fsp3) is 0.469. The van der Waals surface area contributed by atoms with E-state index in [-0.39, 0.29) is 25.7 Å². The van der Waals surface area contributed by atoms with Crippen LogP contribution < -0.4 is 5.32 Å². The molecule has 0 saturated heterocycles. The molecule has 5 rings (SSSR count). The maximum Gasteiger partial charge on any atom is 0.426 e. The van der Waals surface area contributed by atoms with E-state index >= 15 is 13.2 Å². The molecule has 1 atom stereocenters. The second kappa shape index (κ2) is 12.4. The summed E-state index contributed by atoms with van der Waals surface area (Å²) in [6.45, 7) is 4.04. The third kappa shape index (κ3) is 7.04. The summed E-state index contributed by atoms with van der Waals surface area (Å²) in [4.78, 5) is 30.6. The van der Waals surface area contributed by atoms with Crippen molar-refractivity contribution in [3.63, 3.8) is 0 Å². The van der Waals surface area contributed by atoms with Gasteiger partial charge in [-0.2, -0.15) is 26.3 Å². The summed E-state index contributed by atoms with van der Waals surface area (Å²) in [6.07, 6.45) is -8.27. The van der Waals surface area contributed by atoms with E-state index in [2.05, 4.69) is 20.5 Å². The third-order valence-electron chi connectivity index (χ3n) is 8.09. The Balaban J connectivity index is 1.72. The van der Waals surface area contributed by atoms with E-state index in [0.29, 0.717) is 18.1 Å². The van der Waals surface area contributed by atoms with Gasteiger partial charge >= 0.3 is 18.4 Å². The lowest BCUT2D eigenvalue weighted by molar-refractivity contribution is -0.295. The number of Topliss-reactive ketones (excluding diaryl/α,β-unsaturated/α-hetero) is 1. The molecule has 1 aliphatic heterocycles. The van der Waals surface area contributed by atoms with Gasteiger partial charge in [0.15, 0.2) is 11.5 Å². The van der Waals surface area contributed by atoms with E-state index in [1.807, 2.05) is 0 Å². The van der Waals surface area contributed by atoms with Crippen LogP contribution in [0.2, 0.25) is 0 Å². The van der Waals surface area contributed by atoms with Crippen molar-refractivity contribution in [1.82, 2.24) is 15.2 Å². The van der Waals surface area contributed by atoms with Crippen LogP contribution >= 0.6 is 0 Å². The number of hydrogen-bond acceptors (Lipinski definition) is 8. The number of fused-ring (bicyclic) bond motifs is 5. The van der Waals surface area contributed by atoms with Crippen molar-refractivity contribution < 1.29 is 49.8 Å². The predicted molar refractivity (Wildman–Crippen MR) is 155 cm³/mol. The Labute approximate surface area is 265 Å². The highest BCUT2D eigenvalue weighted by atomic mass is 19.4. The van der Waals surface area contributed by atoms with Crippen molar-refractivity contribution in [1.29, 1.82) is 0 Å². The number of amides is 1. The summed E-state index contributed by atoms with van der Waals surface area (Å²) in [7, 11) is 0. The number of alkyl halides is 6. The van der Waals surface area contributed by atoms with Crippen LogP contribution in [0.1, 0.15) is 86.8 Å². The Morgan fingerprint density at radius 2 is 1.68 bits per heavy atom. The van der Waals surface area contributed by atoms with E-state index < -0.39 is 88.3 Å². The fourth-order valence-electron chi connectivity index (χ4n) is 5.54. The number of hydrogen-bond donors (Lipinski definition) is 1. The zero-order chi connectivity index (χ0) is 34.3. The van der Waals surface area contributed by atoms with E-state index in [1.54, 1.807) is 30.3 Å². The number of ketones is 1. The number of rotatable bonds is 4. The number of nitrogens with zero attached hydrogens (tertiary/aromatic N) is 3. The summed E-state index contributed by atoms with van der Waals surface area (Å²) >= 11 is 0. The normalized spacial score (nSPS) is 20.7. The number of pyridine rings is 1. The minimum Gasteiger partial charge on any atom is -0.444 e. The molecule has 1 aliphatic carbocycles. The highest BCUT2D eigenvalue weighted by Crippen LogP contribution is 2.50. The van der Waals surface area contributed by atoms with Crippen LogP contribution in [0.25, 0.3) is 11.6 Å². The first-order valence-electron chi connectivity index (χ1n) is 14.9. The first-order valence-corrected chi connectivity index (χ1v) is 14.9. The molecule has 252 valence electrons. The summed E-state index contributed by atoms with van der Waals surface area (Å²) in [6, 6.07) is 8.55. The Kier molecular flexibility index (Phi) is 8.99. The molecule has 2 aromatic heterocycles. The fourth-order valence-corrected chi connectivity index (χ4v) is 5.54. The first-order chi connectivity index (χ1) is 21.9. The summed E-state index contributed by atoms with van der Waals surface area (Å²) in [5.74, 6) is -2.71. The number of allylic oxidation sites excluding steroid dienone is 1. The van der Waals surface area contributed by atoms with E-state index in [0.717, 1.165) is 0 Å². The number of aromatic nitrogens is 3. The van der Waals surface area contributed by atoms with Crippen LogP contribution in [0.15, 0.2) is 53.0 Å². The van der Waals surface area contributed by atoms with Crippen molar-refractivity contribution in [3.8, 4) is 11.6 Å². The standard InChI is InChI=1S/C32H32F6N4O5/c1-28(2,3)47-27(44)39-21-17-20(31(33,34)35)22-24(43)29(14-10-15-29)13-8-5-9-16-30(32(36,37)38,45-18-19-11-6-4-7-12-19)26-42-41-25(46-26)23(21)40-22/h4-7,9,11-12,17H,8,10,13-16,18H2,1-3H3,(H,39,44)/b9-5+. The first kappa shape index (κ1) is 34.1. The van der Waals surface area contributed by atoms with Gasteiger partial charge in [0.05, 0.1) is 17.9 Å². The highest BCUT2D eigenvalue weighted by Gasteiger charge is 2.61. The molecule has 4 bridgehead atoms. The van der Waals surface area contributed by atoms with E-state index in [4.69, 9.17) is 13.9 Å². The SMILES string of the molecule is CC(C)(C)OC(=O)Nc1cc(C(F)(F)F)c2nc1-c1nnc(o1)C(OCc1ccccc1)(C(F)(F)F)C/C=C/CCC1(CCC1)C2=O. The molecule has 1 fully saturated rings. The average Bonchev–Trinajstić information content (AvgIpc) is 3.43. The number of carbonyl (C=O) groups excluding carboxylic acids is 2. The number of ether oxygens (including phenoxy) is 2. The number of nitrogens with one attached hydrogen (secondary N) is 1. The molecule has 9 nitrogen and oxygen atoms in total. The van der Waals surface area contributed by atoms with Crippen molar-refractivity contribution in [2.45, 2.75) is 89.5 Å². The van der Waals surface area contributed by atoms with E-state index in [9.17, 15) is 22.8 Å². The monoisotopic (exact) mass is 666 g/mol. The lowest BCUT2D eigenvalue weighted by Crippen LogP contribution is -2.45. The predicted octanol–water partition coefficient (Wildman–Crippen LogP) is 8.56. The second-order valence-corrected chi connectivity index (χ2v) is 12.6. The highest BCUT2D eigenvalue weighted by molar-refractivity contribution is 6.02. The molecule has 1 N–H and O–H groups in total. The van der Waals surface area contributed by atoms with Crippen molar-refractivity contribution in [3.05, 3.63) is 71.3 Å². The largest absolute Gasteiger partial charge is 0.444 e. The molecule has 1 saturated carbocycles. The van der Waals surface area contributed by atoms with Crippen molar-refractivity contribution in [2.24, 2.45) is 5.41 Å². The number of anilines is 1. The maximum atomic E-state index is 15.0. The van der Waals surface area contributed by atoms with Gasteiger partial charge in [0.1, 0.15) is 11.3 Å². The molecule has 3 heterocycles. The van der Waals surface area contributed by atoms with Gasteiger partial charge < -0.3 is 13.9 Å². The van der Waals surface area contributed by atoms with Gasteiger partial charge in [-0.05, 0) is 58.1 Å². The number of halogens is 6. The zero-order valence-electron chi connectivity index (χ0n) is 25.7. The molecule has 1 unspecified atom stereocenters. The molecule has 1 amide bonds. The van der Waals surface area contributed by atoms with Gasteiger partial charge in [0.2, 0.25) is 5.60 Å². The van der Waals surface area contributed by atoms with Crippen molar-refractivity contribution in [2.75, 3.05) is 5.32 Å². The summed E-state index contributed by atoms with van der Waals surface area (Å²) in [5, 5.41) is 9.50. The van der Waals surface area contributed by atoms with Gasteiger partial charge in [-0.15, -0.1) is 10.2 Å². The summed E-state index contributed by atoms with van der Waals surface area (Å²) < 4.78 is 105. The number of benzene rings is 1. The molecule has 2 aliphatic rings. The number of carbonyl (C=O) groups is 2. The zero-order valence-corrected chi connectivity index (χ0v) is 25.7. The molecule has 1 aromatic carbocycles. The lowest BCUT2D eigenvalue weighted by Gasteiger charge is -2.40. The Bertz CT molecular complexity index is 1660. The molecular formula is C32H32F6N4O5. The maximum absolute atomic E-state index is 15.0. The third-order valence-corrected chi connectivity index (χ3v) is 8.09. The van der Waals surface area contributed by atoms with E-state index in [1.165, 1.54) is 32.9 Å². The Hall–Kier alpha value is -4.27.